The molecule has 0 aliphatic carbocycles. The summed E-state index contributed by atoms with van der Waals surface area (Å²) in [6.07, 6.45) is -0.0691. The molecule has 1 N–H and O–H groups in total. The number of rotatable bonds is 4. The second kappa shape index (κ2) is 7.51. The molecule has 136 valence electrons. The van der Waals surface area contributed by atoms with Gasteiger partial charge in [-0.1, -0.05) is 41.4 Å². The van der Waals surface area contributed by atoms with Gasteiger partial charge in [-0.05, 0) is 54.1 Å². The molecule has 1 aliphatic rings. The maximum atomic E-state index is 12.7. The zero-order valence-corrected chi connectivity index (χ0v) is 15.6. The molecule has 0 saturated carbocycles. The van der Waals surface area contributed by atoms with Gasteiger partial charge >= 0.3 is 0 Å². The summed E-state index contributed by atoms with van der Waals surface area (Å²) in [6, 6.07) is 19.6. The van der Waals surface area contributed by atoms with Gasteiger partial charge in [0.05, 0.1) is 5.69 Å². The fraction of sp³-hybridized carbons (Fsp3) is 0.0952. The molecule has 0 radical (unpaired) electrons. The highest BCUT2D eigenvalue weighted by molar-refractivity contribution is 6.31. The van der Waals surface area contributed by atoms with E-state index in [-0.39, 0.29) is 5.91 Å². The fourth-order valence-electron chi connectivity index (χ4n) is 2.86. The highest BCUT2D eigenvalue weighted by Gasteiger charge is 2.29. The summed E-state index contributed by atoms with van der Waals surface area (Å²) < 4.78 is 11.6. The Balaban J connectivity index is 1.52. The third-order valence-electron chi connectivity index (χ3n) is 4.18. The topological polar surface area (TPSA) is 47.6 Å². The zero-order chi connectivity index (χ0) is 18.8. The molecule has 3 aromatic rings. The quantitative estimate of drug-likeness (QED) is 0.609. The Bertz CT molecular complexity index is 964. The van der Waals surface area contributed by atoms with Crippen LogP contribution in [0.5, 0.6) is 17.2 Å². The molecule has 1 heterocycles. The second-order valence-electron chi connectivity index (χ2n) is 6.10. The molecule has 0 saturated heterocycles. The van der Waals surface area contributed by atoms with Crippen molar-refractivity contribution in [2.45, 2.75) is 12.5 Å². The Morgan fingerprint density at radius 3 is 2.52 bits per heavy atom. The summed E-state index contributed by atoms with van der Waals surface area (Å²) in [5, 5.41) is 3.97. The number of fused-ring (bicyclic) bond motifs is 1. The van der Waals surface area contributed by atoms with Gasteiger partial charge in [-0.25, -0.2) is 0 Å². The lowest BCUT2D eigenvalue weighted by Gasteiger charge is -2.15. The first kappa shape index (κ1) is 17.7. The molecule has 1 unspecified atom stereocenters. The standard InChI is InChI=1S/C21H15Cl2NO3/c22-14-5-8-16(9-6-14)26-19-10-7-15(23)12-17(19)24-21(25)20-11-13-3-1-2-4-18(13)27-20/h1-10,12,20H,11H2,(H,24,25). The molecule has 1 atom stereocenters. The number of halogens is 2. The first-order chi connectivity index (χ1) is 13.1. The molecule has 1 aliphatic heterocycles. The first-order valence-electron chi connectivity index (χ1n) is 8.37. The first-order valence-corrected chi connectivity index (χ1v) is 9.12. The Kier molecular flexibility index (Phi) is 4.92. The number of amides is 1. The van der Waals surface area contributed by atoms with Gasteiger partial charge in [0.25, 0.3) is 5.91 Å². The minimum Gasteiger partial charge on any atom is -0.480 e. The van der Waals surface area contributed by atoms with Crippen molar-refractivity contribution in [3.05, 3.63) is 82.3 Å². The number of hydrogen-bond donors (Lipinski definition) is 1. The Morgan fingerprint density at radius 1 is 1.00 bits per heavy atom. The number of anilines is 1. The Morgan fingerprint density at radius 2 is 1.74 bits per heavy atom. The number of para-hydroxylation sites is 1. The van der Waals surface area contributed by atoms with Gasteiger partial charge in [0.15, 0.2) is 11.9 Å². The Hall–Kier alpha value is -2.69. The van der Waals surface area contributed by atoms with Gasteiger partial charge in [-0.15, -0.1) is 0 Å². The Labute approximate surface area is 166 Å². The van der Waals surface area contributed by atoms with E-state index in [9.17, 15) is 4.79 Å². The summed E-state index contributed by atoms with van der Waals surface area (Å²) in [5.74, 6) is 1.56. The van der Waals surface area contributed by atoms with Crippen LogP contribution in [0.4, 0.5) is 5.69 Å². The van der Waals surface area contributed by atoms with Crippen LogP contribution >= 0.6 is 23.2 Å². The van der Waals surface area contributed by atoms with Gasteiger partial charge < -0.3 is 14.8 Å². The molecule has 6 heteroatoms. The maximum Gasteiger partial charge on any atom is 0.265 e. The van der Waals surface area contributed by atoms with Gasteiger partial charge in [0.2, 0.25) is 0 Å². The summed E-state index contributed by atoms with van der Waals surface area (Å²) in [5.41, 5.74) is 1.49. The van der Waals surface area contributed by atoms with Gasteiger partial charge in [-0.2, -0.15) is 0 Å². The number of carbonyl (C=O) groups excluding carboxylic acids is 1. The second-order valence-corrected chi connectivity index (χ2v) is 6.98. The molecule has 0 spiro atoms. The average molecular weight is 400 g/mol. The van der Waals surface area contributed by atoms with E-state index in [4.69, 9.17) is 32.7 Å². The third kappa shape index (κ3) is 4.02. The van der Waals surface area contributed by atoms with Gasteiger partial charge in [0.1, 0.15) is 11.5 Å². The normalized spacial score (nSPS) is 15.0. The van der Waals surface area contributed by atoms with E-state index >= 15 is 0 Å². The lowest BCUT2D eigenvalue weighted by molar-refractivity contribution is -0.122. The lowest BCUT2D eigenvalue weighted by atomic mass is 10.1. The zero-order valence-electron chi connectivity index (χ0n) is 14.1. The molecule has 4 rings (SSSR count). The van der Waals surface area contributed by atoms with Crippen molar-refractivity contribution < 1.29 is 14.3 Å². The fourth-order valence-corrected chi connectivity index (χ4v) is 3.16. The van der Waals surface area contributed by atoms with Crippen LogP contribution < -0.4 is 14.8 Å². The molecule has 3 aromatic carbocycles. The number of hydrogen-bond acceptors (Lipinski definition) is 3. The van der Waals surface area contributed by atoms with Crippen LogP contribution in [0.15, 0.2) is 66.7 Å². The largest absolute Gasteiger partial charge is 0.480 e. The molecule has 4 nitrogen and oxygen atoms in total. The summed E-state index contributed by atoms with van der Waals surface area (Å²) in [4.78, 5) is 12.7. The number of carbonyl (C=O) groups is 1. The maximum absolute atomic E-state index is 12.7. The van der Waals surface area contributed by atoms with Crippen molar-refractivity contribution in [3.63, 3.8) is 0 Å². The van der Waals surface area contributed by atoms with Crippen LogP contribution in [0.1, 0.15) is 5.56 Å². The molecule has 0 fully saturated rings. The lowest BCUT2D eigenvalue weighted by Crippen LogP contribution is -2.31. The highest BCUT2D eigenvalue weighted by atomic mass is 35.5. The van der Waals surface area contributed by atoms with E-state index in [0.29, 0.717) is 33.7 Å². The van der Waals surface area contributed by atoms with Crippen molar-refractivity contribution in [2.75, 3.05) is 5.32 Å². The van der Waals surface area contributed by atoms with Crippen molar-refractivity contribution in [1.29, 1.82) is 0 Å². The summed E-state index contributed by atoms with van der Waals surface area (Å²) in [7, 11) is 0. The van der Waals surface area contributed by atoms with E-state index < -0.39 is 6.10 Å². The molecule has 0 aromatic heterocycles. The van der Waals surface area contributed by atoms with E-state index in [2.05, 4.69) is 5.32 Å². The predicted molar refractivity (Wildman–Crippen MR) is 106 cm³/mol. The smallest absolute Gasteiger partial charge is 0.265 e. The number of benzene rings is 3. The van der Waals surface area contributed by atoms with Crippen molar-refractivity contribution in [1.82, 2.24) is 0 Å². The molecule has 27 heavy (non-hydrogen) atoms. The van der Waals surface area contributed by atoms with E-state index in [1.807, 2.05) is 24.3 Å². The van der Waals surface area contributed by atoms with Gasteiger partial charge in [0, 0.05) is 16.5 Å². The highest BCUT2D eigenvalue weighted by Crippen LogP contribution is 2.34. The SMILES string of the molecule is O=C(Nc1cc(Cl)ccc1Oc1ccc(Cl)cc1)C1Cc2ccccc2O1. The van der Waals surface area contributed by atoms with Crippen molar-refractivity contribution in [2.24, 2.45) is 0 Å². The van der Waals surface area contributed by atoms with Crippen LogP contribution in [0.3, 0.4) is 0 Å². The molecular formula is C21H15Cl2NO3. The average Bonchev–Trinajstić information content (AvgIpc) is 3.10. The molecule has 0 bridgehead atoms. The monoisotopic (exact) mass is 399 g/mol. The third-order valence-corrected chi connectivity index (χ3v) is 4.67. The van der Waals surface area contributed by atoms with Crippen LogP contribution in [0, 0.1) is 0 Å². The van der Waals surface area contributed by atoms with Crippen LogP contribution in [-0.4, -0.2) is 12.0 Å². The van der Waals surface area contributed by atoms with Crippen molar-refractivity contribution >= 4 is 34.8 Å². The minimum absolute atomic E-state index is 0.255. The van der Waals surface area contributed by atoms with E-state index in [1.54, 1.807) is 42.5 Å². The number of ether oxygens (including phenoxy) is 2. The minimum atomic E-state index is -0.593. The van der Waals surface area contributed by atoms with Gasteiger partial charge in [-0.3, -0.25) is 4.79 Å². The predicted octanol–water partition coefficient (Wildman–Crippen LogP) is 5.73. The summed E-state index contributed by atoms with van der Waals surface area (Å²) >= 11 is 12.0. The summed E-state index contributed by atoms with van der Waals surface area (Å²) in [6.45, 7) is 0. The van der Waals surface area contributed by atoms with Crippen LogP contribution in [0.25, 0.3) is 0 Å². The number of nitrogens with one attached hydrogen (secondary N) is 1. The van der Waals surface area contributed by atoms with Crippen LogP contribution in [0.2, 0.25) is 10.0 Å². The van der Waals surface area contributed by atoms with Crippen LogP contribution in [-0.2, 0) is 11.2 Å². The molecular weight excluding hydrogens is 385 g/mol. The van der Waals surface area contributed by atoms with E-state index in [0.717, 1.165) is 11.3 Å². The van der Waals surface area contributed by atoms with E-state index in [1.165, 1.54) is 0 Å². The molecule has 1 amide bonds. The van der Waals surface area contributed by atoms with Crippen molar-refractivity contribution in [3.8, 4) is 17.2 Å².